The minimum absolute atomic E-state index is 0.647. The number of anilines is 1. The van der Waals surface area contributed by atoms with Gasteiger partial charge in [-0.2, -0.15) is 0 Å². The number of nitrogens with zero attached hydrogens (tertiary/aromatic N) is 1. The Morgan fingerprint density at radius 3 is 2.94 bits per heavy atom. The fourth-order valence-corrected chi connectivity index (χ4v) is 2.62. The molecule has 0 bridgehead atoms. The van der Waals surface area contributed by atoms with Gasteiger partial charge in [-0.3, -0.25) is 4.90 Å². The SMILES string of the molecule is c1ccc2c(c1)NCC2CN1CCOCC1. The Bertz CT molecular complexity index is 361. The number of nitrogens with one attached hydrogen (secondary N) is 1. The van der Waals surface area contributed by atoms with Gasteiger partial charge < -0.3 is 10.1 Å². The van der Waals surface area contributed by atoms with Crippen molar-refractivity contribution in [2.24, 2.45) is 0 Å². The van der Waals surface area contributed by atoms with Crippen LogP contribution < -0.4 is 5.32 Å². The largest absolute Gasteiger partial charge is 0.384 e. The molecule has 1 N–H and O–H groups in total. The van der Waals surface area contributed by atoms with Crippen molar-refractivity contribution in [3.8, 4) is 0 Å². The molecule has 1 saturated heterocycles. The predicted molar refractivity (Wildman–Crippen MR) is 64.9 cm³/mol. The van der Waals surface area contributed by atoms with Gasteiger partial charge in [0.25, 0.3) is 0 Å². The Balaban J connectivity index is 1.68. The lowest BCUT2D eigenvalue weighted by Crippen LogP contribution is -2.39. The van der Waals surface area contributed by atoms with Gasteiger partial charge in [0.1, 0.15) is 0 Å². The standard InChI is InChI=1S/C13H18N2O/c1-2-4-13-12(3-1)11(9-14-13)10-15-5-7-16-8-6-15/h1-4,11,14H,5-10H2. The highest BCUT2D eigenvalue weighted by atomic mass is 16.5. The van der Waals surface area contributed by atoms with E-state index in [4.69, 9.17) is 4.74 Å². The van der Waals surface area contributed by atoms with Crippen molar-refractivity contribution in [1.82, 2.24) is 4.90 Å². The molecule has 1 unspecified atom stereocenters. The lowest BCUT2D eigenvalue weighted by molar-refractivity contribution is 0.0358. The van der Waals surface area contributed by atoms with Crippen LogP contribution in [-0.4, -0.2) is 44.3 Å². The molecule has 3 heteroatoms. The Kier molecular flexibility index (Phi) is 2.80. The lowest BCUT2D eigenvalue weighted by Gasteiger charge is -2.28. The summed E-state index contributed by atoms with van der Waals surface area (Å²) in [5, 5.41) is 3.48. The highest BCUT2D eigenvalue weighted by Crippen LogP contribution is 2.31. The molecule has 1 atom stereocenters. The second-order valence-corrected chi connectivity index (χ2v) is 4.58. The Morgan fingerprint density at radius 1 is 1.25 bits per heavy atom. The predicted octanol–water partition coefficient (Wildman–Crippen LogP) is 1.53. The van der Waals surface area contributed by atoms with Crippen LogP contribution in [0.5, 0.6) is 0 Å². The first-order valence-electron chi connectivity index (χ1n) is 6.06. The van der Waals surface area contributed by atoms with Gasteiger partial charge in [-0.05, 0) is 11.6 Å². The second kappa shape index (κ2) is 4.44. The molecular formula is C13H18N2O. The zero-order valence-corrected chi connectivity index (χ0v) is 9.48. The molecule has 2 aliphatic heterocycles. The molecule has 0 spiro atoms. The highest BCUT2D eigenvalue weighted by molar-refractivity contribution is 5.57. The van der Waals surface area contributed by atoms with Crippen molar-refractivity contribution in [3.05, 3.63) is 29.8 Å². The number of benzene rings is 1. The van der Waals surface area contributed by atoms with E-state index in [-0.39, 0.29) is 0 Å². The number of morpholine rings is 1. The quantitative estimate of drug-likeness (QED) is 0.814. The van der Waals surface area contributed by atoms with Gasteiger partial charge in [0, 0.05) is 37.8 Å². The topological polar surface area (TPSA) is 24.5 Å². The monoisotopic (exact) mass is 218 g/mol. The Morgan fingerprint density at radius 2 is 2.06 bits per heavy atom. The summed E-state index contributed by atoms with van der Waals surface area (Å²) in [5.41, 5.74) is 2.80. The molecule has 0 radical (unpaired) electrons. The van der Waals surface area contributed by atoms with Crippen molar-refractivity contribution in [2.75, 3.05) is 44.7 Å². The van der Waals surface area contributed by atoms with Crippen molar-refractivity contribution in [1.29, 1.82) is 0 Å². The molecule has 0 aromatic heterocycles. The van der Waals surface area contributed by atoms with E-state index < -0.39 is 0 Å². The number of hydrogen-bond acceptors (Lipinski definition) is 3. The molecule has 16 heavy (non-hydrogen) atoms. The minimum atomic E-state index is 0.647. The summed E-state index contributed by atoms with van der Waals surface area (Å²) in [6.45, 7) is 6.19. The minimum Gasteiger partial charge on any atom is -0.384 e. The van der Waals surface area contributed by atoms with E-state index in [1.807, 2.05) is 0 Å². The van der Waals surface area contributed by atoms with Gasteiger partial charge in [0.05, 0.1) is 13.2 Å². The van der Waals surface area contributed by atoms with Gasteiger partial charge in [0.15, 0.2) is 0 Å². The van der Waals surface area contributed by atoms with E-state index in [1.165, 1.54) is 11.3 Å². The summed E-state index contributed by atoms with van der Waals surface area (Å²) in [6.07, 6.45) is 0. The summed E-state index contributed by atoms with van der Waals surface area (Å²) in [7, 11) is 0. The van der Waals surface area contributed by atoms with Gasteiger partial charge in [0.2, 0.25) is 0 Å². The number of para-hydroxylation sites is 1. The van der Waals surface area contributed by atoms with Crippen molar-refractivity contribution >= 4 is 5.69 Å². The van der Waals surface area contributed by atoms with Crippen molar-refractivity contribution in [2.45, 2.75) is 5.92 Å². The summed E-state index contributed by atoms with van der Waals surface area (Å²) < 4.78 is 5.38. The summed E-state index contributed by atoms with van der Waals surface area (Å²) in [4.78, 5) is 2.51. The number of hydrogen-bond donors (Lipinski definition) is 1. The smallest absolute Gasteiger partial charge is 0.0594 e. The van der Waals surface area contributed by atoms with Crippen LogP contribution in [0.4, 0.5) is 5.69 Å². The van der Waals surface area contributed by atoms with Crippen LogP contribution in [0.1, 0.15) is 11.5 Å². The molecule has 1 aromatic carbocycles. The highest BCUT2D eigenvalue weighted by Gasteiger charge is 2.24. The van der Waals surface area contributed by atoms with E-state index in [9.17, 15) is 0 Å². The van der Waals surface area contributed by atoms with Crippen LogP contribution in [-0.2, 0) is 4.74 Å². The normalized spacial score (nSPS) is 25.1. The van der Waals surface area contributed by atoms with Gasteiger partial charge >= 0.3 is 0 Å². The van der Waals surface area contributed by atoms with Gasteiger partial charge in [-0.1, -0.05) is 18.2 Å². The zero-order valence-electron chi connectivity index (χ0n) is 9.48. The summed E-state index contributed by atoms with van der Waals surface area (Å²) in [6, 6.07) is 8.66. The van der Waals surface area contributed by atoms with Crippen LogP contribution >= 0.6 is 0 Å². The van der Waals surface area contributed by atoms with Crippen molar-refractivity contribution < 1.29 is 4.74 Å². The molecule has 2 aliphatic rings. The third-order valence-electron chi connectivity index (χ3n) is 3.52. The van der Waals surface area contributed by atoms with E-state index in [0.29, 0.717) is 5.92 Å². The van der Waals surface area contributed by atoms with Crippen LogP contribution in [0.2, 0.25) is 0 Å². The zero-order chi connectivity index (χ0) is 10.8. The van der Waals surface area contributed by atoms with E-state index in [2.05, 4.69) is 34.5 Å². The first-order valence-corrected chi connectivity index (χ1v) is 6.06. The molecule has 1 aromatic rings. The van der Waals surface area contributed by atoms with Crippen molar-refractivity contribution in [3.63, 3.8) is 0 Å². The third-order valence-corrected chi connectivity index (χ3v) is 3.52. The van der Waals surface area contributed by atoms with Gasteiger partial charge in [-0.25, -0.2) is 0 Å². The Hall–Kier alpha value is -1.06. The third kappa shape index (κ3) is 1.93. The molecule has 1 fully saturated rings. The number of ether oxygens (including phenoxy) is 1. The van der Waals surface area contributed by atoms with Gasteiger partial charge in [-0.15, -0.1) is 0 Å². The maximum atomic E-state index is 5.38. The first kappa shape index (κ1) is 10.1. The lowest BCUT2D eigenvalue weighted by atomic mass is 10.0. The molecular weight excluding hydrogens is 200 g/mol. The Labute approximate surface area is 96.4 Å². The number of rotatable bonds is 2. The second-order valence-electron chi connectivity index (χ2n) is 4.58. The molecule has 2 heterocycles. The summed E-state index contributed by atoms with van der Waals surface area (Å²) in [5.74, 6) is 0.647. The molecule has 0 saturated carbocycles. The molecule has 3 rings (SSSR count). The van der Waals surface area contributed by atoms with E-state index in [1.54, 1.807) is 0 Å². The van der Waals surface area contributed by atoms with Crippen LogP contribution in [0.15, 0.2) is 24.3 Å². The summed E-state index contributed by atoms with van der Waals surface area (Å²) >= 11 is 0. The first-order chi connectivity index (χ1) is 7.93. The average molecular weight is 218 g/mol. The fraction of sp³-hybridized carbons (Fsp3) is 0.538. The van der Waals surface area contributed by atoms with E-state index in [0.717, 1.165) is 39.4 Å². The molecule has 86 valence electrons. The molecule has 0 aliphatic carbocycles. The van der Waals surface area contributed by atoms with Crippen LogP contribution in [0.25, 0.3) is 0 Å². The van der Waals surface area contributed by atoms with Crippen LogP contribution in [0, 0.1) is 0 Å². The maximum Gasteiger partial charge on any atom is 0.0594 e. The fourth-order valence-electron chi connectivity index (χ4n) is 2.62. The molecule has 3 nitrogen and oxygen atoms in total. The average Bonchev–Trinajstić information content (AvgIpc) is 2.74. The van der Waals surface area contributed by atoms with E-state index >= 15 is 0 Å². The number of fused-ring (bicyclic) bond motifs is 1. The van der Waals surface area contributed by atoms with Crippen LogP contribution in [0.3, 0.4) is 0 Å². The maximum absolute atomic E-state index is 5.38. The molecule has 0 amide bonds.